The number of aryl methyl sites for hydroxylation is 1. The first kappa shape index (κ1) is 13.6. The number of aromatic amines is 1. The number of non-ortho nitro benzene ring substituents is 1. The zero-order valence-corrected chi connectivity index (χ0v) is 11.3. The Hall–Kier alpha value is -1.84. The van der Waals surface area contributed by atoms with E-state index in [4.69, 9.17) is 0 Å². The van der Waals surface area contributed by atoms with Gasteiger partial charge in [-0.25, -0.2) is 0 Å². The maximum atomic E-state index is 10.8. The van der Waals surface area contributed by atoms with Crippen molar-refractivity contribution in [1.82, 2.24) is 4.98 Å². The van der Waals surface area contributed by atoms with Gasteiger partial charge in [0.05, 0.1) is 4.92 Å². The summed E-state index contributed by atoms with van der Waals surface area (Å²) < 4.78 is 0. The highest BCUT2D eigenvalue weighted by Crippen LogP contribution is 2.25. The van der Waals surface area contributed by atoms with Crippen molar-refractivity contribution in [2.45, 2.75) is 45.4 Å². The number of nitrogens with one attached hydrogen (secondary N) is 1. The van der Waals surface area contributed by atoms with E-state index >= 15 is 0 Å². The molecule has 2 aromatic rings. The van der Waals surface area contributed by atoms with Crippen LogP contribution in [0.4, 0.5) is 5.69 Å². The molecule has 0 fully saturated rings. The first-order valence-corrected chi connectivity index (χ1v) is 6.96. The number of aromatic nitrogens is 1. The normalized spacial score (nSPS) is 11.0. The Bertz CT molecular complexity index is 560. The number of hydrogen-bond acceptors (Lipinski definition) is 2. The van der Waals surface area contributed by atoms with Gasteiger partial charge in [-0.1, -0.05) is 32.6 Å². The summed E-state index contributed by atoms with van der Waals surface area (Å²) in [6.07, 6.45) is 9.17. The van der Waals surface area contributed by atoms with Crippen molar-refractivity contribution in [3.63, 3.8) is 0 Å². The zero-order chi connectivity index (χ0) is 13.7. The molecule has 4 heteroatoms. The lowest BCUT2D eigenvalue weighted by Gasteiger charge is -2.00. The molecule has 0 aliphatic rings. The minimum atomic E-state index is -0.336. The second-order valence-electron chi connectivity index (χ2n) is 4.97. The Morgan fingerprint density at radius 3 is 2.74 bits per heavy atom. The maximum absolute atomic E-state index is 10.8. The van der Waals surface area contributed by atoms with Crippen molar-refractivity contribution in [1.29, 1.82) is 0 Å². The predicted molar refractivity (Wildman–Crippen MR) is 77.4 cm³/mol. The number of nitro groups is 1. The minimum Gasteiger partial charge on any atom is -0.361 e. The number of benzene rings is 1. The smallest absolute Gasteiger partial charge is 0.270 e. The van der Waals surface area contributed by atoms with E-state index in [9.17, 15) is 10.1 Å². The highest BCUT2D eigenvalue weighted by molar-refractivity contribution is 5.85. The molecule has 1 aromatic heterocycles. The van der Waals surface area contributed by atoms with Crippen molar-refractivity contribution in [3.05, 3.63) is 40.1 Å². The van der Waals surface area contributed by atoms with Crippen LogP contribution in [0.3, 0.4) is 0 Å². The van der Waals surface area contributed by atoms with Crippen LogP contribution >= 0.6 is 0 Å². The van der Waals surface area contributed by atoms with Gasteiger partial charge < -0.3 is 4.98 Å². The first-order chi connectivity index (χ1) is 9.22. The summed E-state index contributed by atoms with van der Waals surface area (Å²) in [5.41, 5.74) is 2.34. The number of nitrogens with zero attached hydrogens (tertiary/aromatic N) is 1. The fourth-order valence-electron chi connectivity index (χ4n) is 2.41. The van der Waals surface area contributed by atoms with Gasteiger partial charge in [0.1, 0.15) is 0 Å². The maximum Gasteiger partial charge on any atom is 0.270 e. The molecule has 0 saturated heterocycles. The van der Waals surface area contributed by atoms with Gasteiger partial charge in [0.2, 0.25) is 0 Å². The second kappa shape index (κ2) is 6.36. The molecule has 0 saturated carbocycles. The van der Waals surface area contributed by atoms with E-state index in [-0.39, 0.29) is 10.6 Å². The molecule has 1 heterocycles. The van der Waals surface area contributed by atoms with Crippen molar-refractivity contribution in [2.24, 2.45) is 0 Å². The molecular weight excluding hydrogens is 240 g/mol. The largest absolute Gasteiger partial charge is 0.361 e. The summed E-state index contributed by atoms with van der Waals surface area (Å²) in [4.78, 5) is 13.7. The third-order valence-corrected chi connectivity index (χ3v) is 3.51. The van der Waals surface area contributed by atoms with E-state index in [1.54, 1.807) is 18.2 Å². The fourth-order valence-corrected chi connectivity index (χ4v) is 2.41. The van der Waals surface area contributed by atoms with E-state index in [1.807, 2.05) is 6.20 Å². The Balaban J connectivity index is 2.06. The molecule has 1 N–H and O–H groups in total. The lowest BCUT2D eigenvalue weighted by atomic mass is 10.0. The summed E-state index contributed by atoms with van der Waals surface area (Å²) >= 11 is 0. The fraction of sp³-hybridized carbons (Fsp3) is 0.467. The van der Waals surface area contributed by atoms with Crippen LogP contribution in [0.5, 0.6) is 0 Å². The van der Waals surface area contributed by atoms with E-state index in [0.29, 0.717) is 0 Å². The Morgan fingerprint density at radius 2 is 2.00 bits per heavy atom. The molecule has 0 aliphatic heterocycles. The average Bonchev–Trinajstić information content (AvgIpc) is 2.81. The molecule has 0 atom stereocenters. The molecule has 0 unspecified atom stereocenters. The summed E-state index contributed by atoms with van der Waals surface area (Å²) in [5.74, 6) is 0. The number of unbranched alkanes of at least 4 members (excludes halogenated alkanes) is 4. The number of fused-ring (bicyclic) bond motifs is 1. The van der Waals surface area contributed by atoms with Crippen molar-refractivity contribution in [2.75, 3.05) is 0 Å². The van der Waals surface area contributed by atoms with Crippen LogP contribution in [-0.2, 0) is 6.42 Å². The number of rotatable bonds is 7. The molecule has 4 nitrogen and oxygen atoms in total. The highest BCUT2D eigenvalue weighted by Gasteiger charge is 2.10. The van der Waals surface area contributed by atoms with Gasteiger partial charge in [-0.3, -0.25) is 10.1 Å². The average molecular weight is 260 g/mol. The molecule has 0 amide bonds. The summed E-state index contributed by atoms with van der Waals surface area (Å²) in [5, 5.41) is 11.8. The standard InChI is InChI=1S/C15H20N2O2/c1-2-3-4-5-6-7-12-11-16-15-9-8-13(17(18)19)10-14(12)15/h8-11,16H,2-7H2,1H3. The highest BCUT2D eigenvalue weighted by atomic mass is 16.6. The molecular formula is C15H20N2O2. The Labute approximate surface area is 113 Å². The molecule has 0 bridgehead atoms. The van der Waals surface area contributed by atoms with E-state index in [2.05, 4.69) is 11.9 Å². The van der Waals surface area contributed by atoms with Crippen LogP contribution in [0.15, 0.2) is 24.4 Å². The van der Waals surface area contributed by atoms with Gasteiger partial charge >= 0.3 is 0 Å². The summed E-state index contributed by atoms with van der Waals surface area (Å²) in [7, 11) is 0. The molecule has 0 spiro atoms. The molecule has 19 heavy (non-hydrogen) atoms. The molecule has 102 valence electrons. The van der Waals surface area contributed by atoms with Gasteiger partial charge in [0.25, 0.3) is 5.69 Å². The van der Waals surface area contributed by atoms with Crippen molar-refractivity contribution in [3.8, 4) is 0 Å². The van der Waals surface area contributed by atoms with Gasteiger partial charge in [-0.2, -0.15) is 0 Å². The van der Waals surface area contributed by atoms with Crippen molar-refractivity contribution < 1.29 is 4.92 Å². The number of nitro benzene ring substituents is 1. The lowest BCUT2D eigenvalue weighted by molar-refractivity contribution is -0.384. The molecule has 2 rings (SSSR count). The van der Waals surface area contributed by atoms with Gasteiger partial charge in [0.15, 0.2) is 0 Å². The lowest BCUT2D eigenvalue weighted by Crippen LogP contribution is -1.88. The third-order valence-electron chi connectivity index (χ3n) is 3.51. The Kier molecular flexibility index (Phi) is 4.55. The van der Waals surface area contributed by atoms with Crippen LogP contribution in [0, 0.1) is 10.1 Å². The first-order valence-electron chi connectivity index (χ1n) is 6.96. The van der Waals surface area contributed by atoms with Crippen molar-refractivity contribution >= 4 is 16.6 Å². The second-order valence-corrected chi connectivity index (χ2v) is 4.97. The topological polar surface area (TPSA) is 58.9 Å². The number of hydrogen-bond donors (Lipinski definition) is 1. The van der Waals surface area contributed by atoms with Crippen LogP contribution in [0.2, 0.25) is 0 Å². The predicted octanol–water partition coefficient (Wildman–Crippen LogP) is 4.59. The minimum absolute atomic E-state index is 0.166. The van der Waals surface area contributed by atoms with Crippen LogP contribution in [0.1, 0.15) is 44.6 Å². The molecule has 0 radical (unpaired) electrons. The van der Waals surface area contributed by atoms with Crippen LogP contribution in [0.25, 0.3) is 10.9 Å². The van der Waals surface area contributed by atoms with E-state index in [1.165, 1.54) is 31.2 Å². The molecule has 0 aliphatic carbocycles. The Morgan fingerprint density at radius 1 is 1.21 bits per heavy atom. The number of H-pyrrole nitrogens is 1. The van der Waals surface area contributed by atoms with Crippen LogP contribution in [-0.4, -0.2) is 9.91 Å². The SMILES string of the molecule is CCCCCCCc1c[nH]c2ccc([N+](=O)[O-])cc12. The summed E-state index contributed by atoms with van der Waals surface area (Å²) in [6, 6.07) is 5.01. The van der Waals surface area contributed by atoms with Gasteiger partial charge in [-0.15, -0.1) is 0 Å². The van der Waals surface area contributed by atoms with E-state index in [0.717, 1.165) is 23.7 Å². The van der Waals surface area contributed by atoms with Crippen LogP contribution < -0.4 is 0 Å². The van der Waals surface area contributed by atoms with E-state index < -0.39 is 0 Å². The van der Waals surface area contributed by atoms with Gasteiger partial charge in [-0.05, 0) is 24.5 Å². The third kappa shape index (κ3) is 3.34. The van der Waals surface area contributed by atoms with Gasteiger partial charge in [0, 0.05) is 29.2 Å². The zero-order valence-electron chi connectivity index (χ0n) is 11.3. The monoisotopic (exact) mass is 260 g/mol. The summed E-state index contributed by atoms with van der Waals surface area (Å²) in [6.45, 7) is 2.21. The molecule has 1 aromatic carbocycles. The quantitative estimate of drug-likeness (QED) is 0.449.